The van der Waals surface area contributed by atoms with Crippen molar-refractivity contribution in [2.24, 2.45) is 0 Å². The number of hydrogen-bond donors (Lipinski definition) is 1. The molecule has 0 spiro atoms. The second-order valence-corrected chi connectivity index (χ2v) is 3.97. The number of nitrogens with zero attached hydrogens (tertiary/aromatic N) is 4. The van der Waals surface area contributed by atoms with E-state index in [1.165, 1.54) is 6.07 Å². The minimum atomic E-state index is -0.340. The van der Waals surface area contributed by atoms with Gasteiger partial charge in [0.05, 0.1) is 23.6 Å². The lowest BCUT2D eigenvalue weighted by atomic mass is 10.1. The van der Waals surface area contributed by atoms with Gasteiger partial charge in [-0.05, 0) is 25.6 Å². The Morgan fingerprint density at radius 3 is 3.00 bits per heavy atom. The number of rotatable bonds is 5. The van der Waals surface area contributed by atoms with Crippen LogP contribution in [0.1, 0.15) is 30.8 Å². The first-order valence-corrected chi connectivity index (χ1v) is 5.94. The molecule has 2 aromatic rings. The van der Waals surface area contributed by atoms with Gasteiger partial charge in [-0.25, -0.2) is 9.07 Å². The molecular formula is C12H16FN5. The molecule has 2 rings (SSSR count). The molecule has 2 heterocycles. The molecule has 18 heavy (non-hydrogen) atoms. The Bertz CT molecular complexity index is 511. The highest BCUT2D eigenvalue weighted by Crippen LogP contribution is 2.21. The quantitative estimate of drug-likeness (QED) is 0.873. The number of hydrogen-bond acceptors (Lipinski definition) is 4. The molecule has 0 aliphatic heterocycles. The highest BCUT2D eigenvalue weighted by Gasteiger charge is 2.21. The van der Waals surface area contributed by atoms with Gasteiger partial charge in [0.2, 0.25) is 0 Å². The monoisotopic (exact) mass is 249 g/mol. The molecule has 96 valence electrons. The smallest absolute Gasteiger partial charge is 0.146 e. The van der Waals surface area contributed by atoms with Crippen LogP contribution in [-0.2, 0) is 6.54 Å². The zero-order valence-electron chi connectivity index (χ0n) is 10.5. The maximum absolute atomic E-state index is 13.8. The molecule has 0 radical (unpaired) electrons. The Morgan fingerprint density at radius 2 is 2.33 bits per heavy atom. The first kappa shape index (κ1) is 12.6. The summed E-state index contributed by atoms with van der Waals surface area (Å²) < 4.78 is 15.6. The van der Waals surface area contributed by atoms with Gasteiger partial charge in [-0.2, -0.15) is 0 Å². The zero-order valence-corrected chi connectivity index (χ0v) is 10.5. The SMILES string of the molecule is CCCn1nncc1C(NC)c1ncccc1F. The Balaban J connectivity index is 2.39. The van der Waals surface area contributed by atoms with Gasteiger partial charge in [-0.1, -0.05) is 12.1 Å². The van der Waals surface area contributed by atoms with Crippen LogP contribution in [0.5, 0.6) is 0 Å². The Morgan fingerprint density at radius 1 is 1.50 bits per heavy atom. The highest BCUT2D eigenvalue weighted by molar-refractivity contribution is 5.21. The Kier molecular flexibility index (Phi) is 3.99. The number of halogens is 1. The molecular weight excluding hydrogens is 233 g/mol. The number of nitrogens with one attached hydrogen (secondary N) is 1. The maximum atomic E-state index is 13.8. The number of aryl methyl sites for hydroxylation is 1. The van der Waals surface area contributed by atoms with Crippen LogP contribution < -0.4 is 5.32 Å². The second kappa shape index (κ2) is 5.68. The third kappa shape index (κ3) is 2.38. The maximum Gasteiger partial charge on any atom is 0.146 e. The molecule has 0 saturated carbocycles. The van der Waals surface area contributed by atoms with E-state index in [0.29, 0.717) is 5.69 Å². The van der Waals surface area contributed by atoms with Crippen molar-refractivity contribution in [2.75, 3.05) is 7.05 Å². The third-order valence-corrected chi connectivity index (χ3v) is 2.73. The van der Waals surface area contributed by atoms with Crippen LogP contribution in [0.3, 0.4) is 0 Å². The molecule has 2 aromatic heterocycles. The van der Waals surface area contributed by atoms with Crippen molar-refractivity contribution in [3.8, 4) is 0 Å². The van der Waals surface area contributed by atoms with E-state index in [4.69, 9.17) is 0 Å². The lowest BCUT2D eigenvalue weighted by molar-refractivity contribution is 0.500. The van der Waals surface area contributed by atoms with E-state index < -0.39 is 0 Å². The summed E-state index contributed by atoms with van der Waals surface area (Å²) in [6.07, 6.45) is 4.17. The molecule has 1 N–H and O–H groups in total. The van der Waals surface area contributed by atoms with Crippen molar-refractivity contribution in [1.29, 1.82) is 0 Å². The van der Waals surface area contributed by atoms with Gasteiger partial charge in [0.15, 0.2) is 0 Å². The van der Waals surface area contributed by atoms with Crippen molar-refractivity contribution in [3.05, 3.63) is 41.7 Å². The van der Waals surface area contributed by atoms with Crippen LogP contribution in [-0.4, -0.2) is 27.0 Å². The predicted molar refractivity (Wildman–Crippen MR) is 65.4 cm³/mol. The summed E-state index contributed by atoms with van der Waals surface area (Å²) in [5.41, 5.74) is 1.18. The minimum Gasteiger partial charge on any atom is -0.307 e. The van der Waals surface area contributed by atoms with Crippen LogP contribution in [0.2, 0.25) is 0 Å². The van der Waals surface area contributed by atoms with Gasteiger partial charge in [0, 0.05) is 12.7 Å². The van der Waals surface area contributed by atoms with Crippen LogP contribution >= 0.6 is 0 Å². The van der Waals surface area contributed by atoms with E-state index >= 15 is 0 Å². The summed E-state index contributed by atoms with van der Waals surface area (Å²) in [6.45, 7) is 2.81. The second-order valence-electron chi connectivity index (χ2n) is 3.97. The zero-order chi connectivity index (χ0) is 13.0. The van der Waals surface area contributed by atoms with Crippen molar-refractivity contribution < 1.29 is 4.39 Å². The normalized spacial score (nSPS) is 12.6. The summed E-state index contributed by atoms with van der Waals surface area (Å²) in [5.74, 6) is -0.332. The average Bonchev–Trinajstić information content (AvgIpc) is 2.82. The molecule has 5 nitrogen and oxygen atoms in total. The molecule has 0 aliphatic rings. The molecule has 1 unspecified atom stereocenters. The standard InChI is InChI=1S/C12H16FN5/c1-3-7-18-10(8-16-17-18)12(14-2)11-9(13)5-4-6-15-11/h4-6,8,12,14H,3,7H2,1-2H3. The summed E-state index contributed by atoms with van der Waals surface area (Å²) in [4.78, 5) is 4.10. The van der Waals surface area contributed by atoms with Gasteiger partial charge in [-0.15, -0.1) is 5.10 Å². The van der Waals surface area contributed by atoms with Crippen molar-refractivity contribution >= 4 is 0 Å². The fraction of sp³-hybridized carbons (Fsp3) is 0.417. The molecule has 1 atom stereocenters. The topological polar surface area (TPSA) is 55.6 Å². The minimum absolute atomic E-state index is 0.332. The Hall–Kier alpha value is -1.82. The van der Waals surface area contributed by atoms with Gasteiger partial charge in [-0.3, -0.25) is 4.98 Å². The van der Waals surface area contributed by atoms with Crippen LogP contribution in [0, 0.1) is 5.82 Å². The highest BCUT2D eigenvalue weighted by atomic mass is 19.1. The summed E-state index contributed by atoms with van der Waals surface area (Å²) in [5, 5.41) is 11.0. The van der Waals surface area contributed by atoms with E-state index in [1.54, 1.807) is 30.2 Å². The van der Waals surface area contributed by atoms with Gasteiger partial charge in [0.1, 0.15) is 5.82 Å². The van der Waals surface area contributed by atoms with Crippen molar-refractivity contribution in [2.45, 2.75) is 25.9 Å². The van der Waals surface area contributed by atoms with Crippen molar-refractivity contribution in [3.63, 3.8) is 0 Å². The fourth-order valence-corrected chi connectivity index (χ4v) is 1.91. The van der Waals surface area contributed by atoms with E-state index in [9.17, 15) is 4.39 Å². The molecule has 0 bridgehead atoms. The molecule has 0 fully saturated rings. The molecule has 0 aromatic carbocycles. The first-order chi connectivity index (χ1) is 8.77. The molecule has 0 amide bonds. The summed E-state index contributed by atoms with van der Waals surface area (Å²) in [7, 11) is 1.77. The van der Waals surface area contributed by atoms with E-state index in [0.717, 1.165) is 18.7 Å². The van der Waals surface area contributed by atoms with E-state index in [1.807, 2.05) is 0 Å². The van der Waals surface area contributed by atoms with Gasteiger partial charge in [0.25, 0.3) is 0 Å². The summed E-state index contributed by atoms with van der Waals surface area (Å²) in [6, 6.07) is 2.64. The van der Waals surface area contributed by atoms with Crippen molar-refractivity contribution in [1.82, 2.24) is 25.3 Å². The molecule has 6 heteroatoms. The van der Waals surface area contributed by atoms with Crippen LogP contribution in [0.4, 0.5) is 4.39 Å². The van der Waals surface area contributed by atoms with Crippen LogP contribution in [0.15, 0.2) is 24.5 Å². The predicted octanol–water partition coefficient (Wildman–Crippen LogP) is 1.53. The van der Waals surface area contributed by atoms with Crippen LogP contribution in [0.25, 0.3) is 0 Å². The first-order valence-electron chi connectivity index (χ1n) is 5.94. The largest absolute Gasteiger partial charge is 0.307 e. The average molecular weight is 249 g/mol. The third-order valence-electron chi connectivity index (χ3n) is 2.73. The van der Waals surface area contributed by atoms with E-state index in [-0.39, 0.29) is 11.9 Å². The van der Waals surface area contributed by atoms with E-state index in [2.05, 4.69) is 27.5 Å². The lowest BCUT2D eigenvalue weighted by Crippen LogP contribution is -2.23. The molecule has 0 aliphatic carbocycles. The van der Waals surface area contributed by atoms with Gasteiger partial charge >= 0.3 is 0 Å². The van der Waals surface area contributed by atoms with Gasteiger partial charge < -0.3 is 5.32 Å². The number of aromatic nitrogens is 4. The summed E-state index contributed by atoms with van der Waals surface area (Å²) >= 11 is 0. The molecule has 0 saturated heterocycles. The lowest BCUT2D eigenvalue weighted by Gasteiger charge is -2.16. The Labute approximate surface area is 105 Å². The fourth-order valence-electron chi connectivity index (χ4n) is 1.91. The number of pyridine rings is 1.